The summed E-state index contributed by atoms with van der Waals surface area (Å²) >= 11 is 5.91. The molecule has 0 saturated heterocycles. The van der Waals surface area contributed by atoms with Crippen LogP contribution in [0.5, 0.6) is 0 Å². The summed E-state index contributed by atoms with van der Waals surface area (Å²) in [5, 5.41) is 13.2. The van der Waals surface area contributed by atoms with Crippen molar-refractivity contribution in [1.82, 2.24) is 5.32 Å². The van der Waals surface area contributed by atoms with Gasteiger partial charge in [-0.1, -0.05) is 23.7 Å². The molecule has 1 heterocycles. The van der Waals surface area contributed by atoms with Crippen LogP contribution >= 0.6 is 11.6 Å². The van der Waals surface area contributed by atoms with Crippen LogP contribution in [-0.4, -0.2) is 23.2 Å². The first-order valence-corrected chi connectivity index (χ1v) is 7.51. The van der Waals surface area contributed by atoms with E-state index >= 15 is 0 Å². The van der Waals surface area contributed by atoms with E-state index in [0.717, 1.165) is 11.3 Å². The van der Waals surface area contributed by atoms with Gasteiger partial charge < -0.3 is 14.8 Å². The Morgan fingerprint density at radius 2 is 2.00 bits per heavy atom. The number of rotatable bonds is 6. The van der Waals surface area contributed by atoms with E-state index < -0.39 is 11.5 Å². The standard InChI is InChI=1S/C17H20ClNO3/c1-17(2,21)11-19-16(20)15(10-14-4-3-9-22-14)12-5-7-13(18)8-6-12/h3-9,15,21H,10-11H2,1-2H3,(H,19,20). The molecule has 118 valence electrons. The van der Waals surface area contributed by atoms with E-state index in [1.165, 1.54) is 0 Å². The summed E-state index contributed by atoms with van der Waals surface area (Å²) in [7, 11) is 0. The third kappa shape index (κ3) is 4.90. The molecule has 2 rings (SSSR count). The van der Waals surface area contributed by atoms with Crippen molar-refractivity contribution >= 4 is 17.5 Å². The summed E-state index contributed by atoms with van der Waals surface area (Å²) in [6.07, 6.45) is 2.04. The fraction of sp³-hybridized carbons (Fsp3) is 0.353. The predicted molar refractivity (Wildman–Crippen MR) is 85.9 cm³/mol. The van der Waals surface area contributed by atoms with Gasteiger partial charge in [0, 0.05) is 18.0 Å². The molecule has 0 radical (unpaired) electrons. The summed E-state index contributed by atoms with van der Waals surface area (Å²) in [6, 6.07) is 10.8. The van der Waals surface area contributed by atoms with Crippen LogP contribution in [0.15, 0.2) is 47.1 Å². The fourth-order valence-electron chi connectivity index (χ4n) is 2.11. The lowest BCUT2D eigenvalue weighted by atomic mass is 9.93. The molecule has 2 N–H and O–H groups in total. The Balaban J connectivity index is 2.17. The molecular weight excluding hydrogens is 302 g/mol. The molecule has 1 aromatic heterocycles. The van der Waals surface area contributed by atoms with Crippen molar-refractivity contribution in [1.29, 1.82) is 0 Å². The number of benzene rings is 1. The van der Waals surface area contributed by atoms with Crippen LogP contribution in [-0.2, 0) is 11.2 Å². The highest BCUT2D eigenvalue weighted by Gasteiger charge is 2.24. The molecule has 0 saturated carbocycles. The molecule has 0 aliphatic rings. The predicted octanol–water partition coefficient (Wildman–Crippen LogP) is 3.15. The molecule has 0 aliphatic heterocycles. The zero-order chi connectivity index (χ0) is 16.2. The van der Waals surface area contributed by atoms with Gasteiger partial charge in [0.25, 0.3) is 0 Å². The van der Waals surface area contributed by atoms with Gasteiger partial charge in [-0.3, -0.25) is 4.79 Å². The zero-order valence-electron chi connectivity index (χ0n) is 12.7. The molecule has 0 spiro atoms. The van der Waals surface area contributed by atoms with Crippen molar-refractivity contribution < 1.29 is 14.3 Å². The van der Waals surface area contributed by atoms with Crippen molar-refractivity contribution in [3.8, 4) is 0 Å². The van der Waals surface area contributed by atoms with Crippen molar-refractivity contribution in [3.63, 3.8) is 0 Å². The van der Waals surface area contributed by atoms with Gasteiger partial charge in [-0.15, -0.1) is 0 Å². The zero-order valence-corrected chi connectivity index (χ0v) is 13.4. The van der Waals surface area contributed by atoms with E-state index in [-0.39, 0.29) is 12.5 Å². The third-order valence-electron chi connectivity index (χ3n) is 3.27. The number of hydrogen-bond acceptors (Lipinski definition) is 3. The van der Waals surface area contributed by atoms with Gasteiger partial charge in [0.2, 0.25) is 5.91 Å². The highest BCUT2D eigenvalue weighted by Crippen LogP contribution is 2.23. The number of halogens is 1. The Morgan fingerprint density at radius 1 is 1.32 bits per heavy atom. The SMILES string of the molecule is CC(C)(O)CNC(=O)C(Cc1ccco1)c1ccc(Cl)cc1. The molecule has 4 nitrogen and oxygen atoms in total. The van der Waals surface area contributed by atoms with Gasteiger partial charge in [-0.05, 0) is 43.7 Å². The van der Waals surface area contributed by atoms with Crippen molar-refractivity contribution in [2.24, 2.45) is 0 Å². The maximum atomic E-state index is 12.5. The lowest BCUT2D eigenvalue weighted by molar-refractivity contribution is -0.123. The van der Waals surface area contributed by atoms with E-state index in [4.69, 9.17) is 16.0 Å². The van der Waals surface area contributed by atoms with Crippen molar-refractivity contribution in [2.75, 3.05) is 6.54 Å². The minimum Gasteiger partial charge on any atom is -0.469 e. The summed E-state index contributed by atoms with van der Waals surface area (Å²) in [5.41, 5.74) is -0.0979. The second-order valence-electron chi connectivity index (χ2n) is 5.92. The lowest BCUT2D eigenvalue weighted by Crippen LogP contribution is -2.40. The average molecular weight is 322 g/mol. The van der Waals surface area contributed by atoms with Crippen molar-refractivity contribution in [3.05, 3.63) is 59.0 Å². The van der Waals surface area contributed by atoms with E-state index in [9.17, 15) is 9.90 Å². The monoisotopic (exact) mass is 321 g/mol. The maximum Gasteiger partial charge on any atom is 0.228 e. The van der Waals surface area contributed by atoms with Crippen LogP contribution in [0.4, 0.5) is 0 Å². The third-order valence-corrected chi connectivity index (χ3v) is 3.52. The molecule has 1 atom stereocenters. The second kappa shape index (κ2) is 6.99. The van der Waals surface area contributed by atoms with Gasteiger partial charge in [0.15, 0.2) is 0 Å². The van der Waals surface area contributed by atoms with Gasteiger partial charge in [0.05, 0.1) is 17.8 Å². The molecule has 0 bridgehead atoms. The van der Waals surface area contributed by atoms with Gasteiger partial charge >= 0.3 is 0 Å². The Labute approximate surface area is 135 Å². The first-order valence-electron chi connectivity index (χ1n) is 7.13. The summed E-state index contributed by atoms with van der Waals surface area (Å²) in [4.78, 5) is 12.5. The number of aliphatic hydroxyl groups is 1. The number of hydrogen-bond donors (Lipinski definition) is 2. The Morgan fingerprint density at radius 3 is 2.55 bits per heavy atom. The molecule has 2 aromatic rings. The highest BCUT2D eigenvalue weighted by atomic mass is 35.5. The quantitative estimate of drug-likeness (QED) is 0.859. The number of furan rings is 1. The van der Waals surface area contributed by atoms with Crippen LogP contribution in [0.3, 0.4) is 0 Å². The average Bonchev–Trinajstić information content (AvgIpc) is 2.96. The Hall–Kier alpha value is -1.78. The van der Waals surface area contributed by atoms with Crippen LogP contribution in [0.2, 0.25) is 5.02 Å². The molecule has 22 heavy (non-hydrogen) atoms. The number of carbonyl (C=O) groups excluding carboxylic acids is 1. The number of carbonyl (C=O) groups is 1. The number of amides is 1. The van der Waals surface area contributed by atoms with Crippen molar-refractivity contribution in [2.45, 2.75) is 31.8 Å². The molecule has 5 heteroatoms. The largest absolute Gasteiger partial charge is 0.469 e. The molecule has 1 amide bonds. The molecular formula is C17H20ClNO3. The molecule has 0 fully saturated rings. The first-order chi connectivity index (χ1) is 10.3. The van der Waals surface area contributed by atoms with Gasteiger partial charge in [-0.25, -0.2) is 0 Å². The van der Waals surface area contributed by atoms with Crippen LogP contribution < -0.4 is 5.32 Å². The summed E-state index contributed by atoms with van der Waals surface area (Å²) < 4.78 is 5.35. The van der Waals surface area contributed by atoms with E-state index in [0.29, 0.717) is 11.4 Å². The van der Waals surface area contributed by atoms with Crippen LogP contribution in [0.25, 0.3) is 0 Å². The Bertz CT molecular complexity index is 600. The lowest BCUT2D eigenvalue weighted by Gasteiger charge is -2.21. The molecule has 1 aromatic carbocycles. The summed E-state index contributed by atoms with van der Waals surface area (Å²) in [5.74, 6) is 0.185. The fourth-order valence-corrected chi connectivity index (χ4v) is 2.24. The topological polar surface area (TPSA) is 62.5 Å². The second-order valence-corrected chi connectivity index (χ2v) is 6.35. The molecule has 1 unspecified atom stereocenters. The normalized spacial score (nSPS) is 12.9. The minimum atomic E-state index is -0.953. The van der Waals surface area contributed by atoms with Gasteiger partial charge in [0.1, 0.15) is 5.76 Å². The Kier molecular flexibility index (Phi) is 5.27. The molecule has 0 aliphatic carbocycles. The van der Waals surface area contributed by atoms with Crippen LogP contribution in [0.1, 0.15) is 31.1 Å². The van der Waals surface area contributed by atoms with E-state index in [2.05, 4.69) is 5.32 Å². The van der Waals surface area contributed by atoms with Crippen LogP contribution in [0, 0.1) is 0 Å². The highest BCUT2D eigenvalue weighted by molar-refractivity contribution is 6.30. The van der Waals surface area contributed by atoms with E-state index in [1.54, 1.807) is 38.3 Å². The number of nitrogens with one attached hydrogen (secondary N) is 1. The van der Waals surface area contributed by atoms with Gasteiger partial charge in [-0.2, -0.15) is 0 Å². The van der Waals surface area contributed by atoms with E-state index in [1.807, 2.05) is 18.2 Å². The minimum absolute atomic E-state index is 0.152. The maximum absolute atomic E-state index is 12.5. The summed E-state index contributed by atoms with van der Waals surface area (Å²) in [6.45, 7) is 3.49. The smallest absolute Gasteiger partial charge is 0.228 e. The first kappa shape index (κ1) is 16.6.